The summed E-state index contributed by atoms with van der Waals surface area (Å²) in [5.41, 5.74) is 6.60. The molecule has 0 aliphatic heterocycles. The molecule has 0 saturated heterocycles. The van der Waals surface area contributed by atoms with E-state index in [4.69, 9.17) is 0 Å². The summed E-state index contributed by atoms with van der Waals surface area (Å²) in [6.45, 7) is 3.27. The second-order valence-electron chi connectivity index (χ2n) is 4.75. The predicted molar refractivity (Wildman–Crippen MR) is 74.8 cm³/mol. The summed E-state index contributed by atoms with van der Waals surface area (Å²) in [6, 6.07) is 10.8. The van der Waals surface area contributed by atoms with Crippen LogP contribution in [0, 0.1) is 13.8 Å². The predicted octanol–water partition coefficient (Wildman–Crippen LogP) is 4.01. The van der Waals surface area contributed by atoms with E-state index in [0.717, 1.165) is 17.0 Å². The molecule has 1 aromatic carbocycles. The molecule has 0 fully saturated rings. The van der Waals surface area contributed by atoms with Crippen molar-refractivity contribution in [3.8, 4) is 5.75 Å². The van der Waals surface area contributed by atoms with Gasteiger partial charge < -0.3 is 10.2 Å². The first-order valence-electron chi connectivity index (χ1n) is 6.43. The van der Waals surface area contributed by atoms with Crippen LogP contribution >= 0.6 is 0 Å². The molecular formula is C15H18F2N2O. The molecule has 5 heteroatoms. The Hall–Kier alpha value is -2.04. The van der Waals surface area contributed by atoms with Crippen LogP contribution in [0.3, 0.4) is 0 Å². The van der Waals surface area contributed by atoms with Gasteiger partial charge in [0, 0.05) is 11.4 Å². The van der Waals surface area contributed by atoms with Gasteiger partial charge in [-0.1, -0.05) is 12.1 Å². The maximum absolute atomic E-state index is 12.1. The van der Waals surface area contributed by atoms with Crippen LogP contribution in [0.5, 0.6) is 5.75 Å². The van der Waals surface area contributed by atoms with Crippen molar-refractivity contribution in [1.82, 2.24) is 4.68 Å². The van der Waals surface area contributed by atoms with E-state index in [1.807, 2.05) is 37.6 Å². The molecule has 1 atom stereocenters. The first-order chi connectivity index (χ1) is 9.47. The topological polar surface area (TPSA) is 26.2 Å². The summed E-state index contributed by atoms with van der Waals surface area (Å²) in [6.07, 6.45) is 0. The monoisotopic (exact) mass is 280 g/mol. The summed E-state index contributed by atoms with van der Waals surface area (Å²) in [7, 11) is 0. The third-order valence-corrected chi connectivity index (χ3v) is 3.20. The Balaban J connectivity index is 2.08. The van der Waals surface area contributed by atoms with Crippen LogP contribution in [0.1, 0.15) is 29.9 Å². The van der Waals surface area contributed by atoms with E-state index in [9.17, 15) is 8.78 Å². The van der Waals surface area contributed by atoms with E-state index in [1.165, 1.54) is 0 Å². The first-order valence-corrected chi connectivity index (χ1v) is 6.43. The Kier molecular flexibility index (Phi) is 4.27. The number of nitrogens with one attached hydrogen (secondary N) is 1. The molecule has 0 aliphatic rings. The smallest absolute Gasteiger partial charge is 0.387 e. The Morgan fingerprint density at radius 1 is 1.00 bits per heavy atom. The van der Waals surface area contributed by atoms with Gasteiger partial charge in [-0.15, -0.1) is 0 Å². The van der Waals surface area contributed by atoms with Crippen LogP contribution in [0.25, 0.3) is 0 Å². The van der Waals surface area contributed by atoms with Gasteiger partial charge in [0.25, 0.3) is 0 Å². The number of nitrogens with zero attached hydrogens (tertiary/aromatic N) is 1. The molecule has 3 nitrogen and oxygen atoms in total. The molecule has 2 rings (SSSR count). The molecule has 2 aromatic rings. The second-order valence-corrected chi connectivity index (χ2v) is 4.75. The van der Waals surface area contributed by atoms with E-state index in [-0.39, 0.29) is 11.8 Å². The van der Waals surface area contributed by atoms with Crippen molar-refractivity contribution < 1.29 is 13.5 Å². The first kappa shape index (κ1) is 14.4. The number of aromatic nitrogens is 1. The van der Waals surface area contributed by atoms with E-state index in [1.54, 1.807) is 24.3 Å². The van der Waals surface area contributed by atoms with E-state index in [0.29, 0.717) is 0 Å². The maximum Gasteiger partial charge on any atom is 0.387 e. The fourth-order valence-corrected chi connectivity index (χ4v) is 2.08. The highest BCUT2D eigenvalue weighted by molar-refractivity contribution is 5.30. The number of aryl methyl sites for hydroxylation is 2. The minimum absolute atomic E-state index is 0.0559. The summed E-state index contributed by atoms with van der Waals surface area (Å²) in [5, 5.41) is 0. The van der Waals surface area contributed by atoms with Crippen molar-refractivity contribution in [2.45, 2.75) is 33.4 Å². The lowest BCUT2D eigenvalue weighted by atomic mass is 10.1. The number of halogens is 2. The molecular weight excluding hydrogens is 262 g/mol. The number of hydrogen-bond acceptors (Lipinski definition) is 2. The molecule has 0 radical (unpaired) electrons. The molecule has 1 heterocycles. The molecule has 0 aliphatic carbocycles. The highest BCUT2D eigenvalue weighted by Gasteiger charge is 2.09. The average Bonchev–Trinajstić information content (AvgIpc) is 2.70. The van der Waals surface area contributed by atoms with Gasteiger partial charge in [0.15, 0.2) is 0 Å². The minimum Gasteiger partial charge on any atom is -0.435 e. The number of alkyl halides is 2. The van der Waals surface area contributed by atoms with Crippen molar-refractivity contribution in [1.29, 1.82) is 0 Å². The van der Waals surface area contributed by atoms with Gasteiger partial charge in [0.05, 0.1) is 6.04 Å². The fourth-order valence-electron chi connectivity index (χ4n) is 2.08. The molecule has 1 unspecified atom stereocenters. The molecule has 0 bridgehead atoms. The summed E-state index contributed by atoms with van der Waals surface area (Å²) in [4.78, 5) is 0. The van der Waals surface area contributed by atoms with Gasteiger partial charge in [-0.2, -0.15) is 8.78 Å². The molecule has 0 amide bonds. The Morgan fingerprint density at radius 2 is 1.55 bits per heavy atom. The molecule has 20 heavy (non-hydrogen) atoms. The third kappa shape index (κ3) is 3.29. The summed E-state index contributed by atoms with van der Waals surface area (Å²) in [5.74, 6) is 0.171. The quantitative estimate of drug-likeness (QED) is 0.895. The van der Waals surface area contributed by atoms with Crippen molar-refractivity contribution >= 4 is 0 Å². The van der Waals surface area contributed by atoms with Crippen LogP contribution in [-0.2, 0) is 0 Å². The van der Waals surface area contributed by atoms with Crippen LogP contribution in [0.15, 0.2) is 36.4 Å². The van der Waals surface area contributed by atoms with Gasteiger partial charge in [-0.05, 0) is 50.6 Å². The zero-order chi connectivity index (χ0) is 14.7. The number of ether oxygens (including phenoxy) is 1. The Labute approximate surface area is 117 Å². The lowest BCUT2D eigenvalue weighted by Crippen LogP contribution is -2.20. The van der Waals surface area contributed by atoms with Crippen molar-refractivity contribution in [2.75, 3.05) is 5.43 Å². The average molecular weight is 280 g/mol. The van der Waals surface area contributed by atoms with Crippen molar-refractivity contribution in [3.63, 3.8) is 0 Å². The number of hydrogen-bond donors (Lipinski definition) is 1. The highest BCUT2D eigenvalue weighted by atomic mass is 19.3. The molecule has 1 N–H and O–H groups in total. The minimum atomic E-state index is -2.79. The molecule has 1 aromatic heterocycles. The lowest BCUT2D eigenvalue weighted by molar-refractivity contribution is -0.0498. The van der Waals surface area contributed by atoms with Crippen LogP contribution in [-0.4, -0.2) is 11.3 Å². The Bertz CT molecular complexity index is 544. The third-order valence-electron chi connectivity index (χ3n) is 3.20. The van der Waals surface area contributed by atoms with Gasteiger partial charge in [-0.3, -0.25) is 4.68 Å². The standard InChI is InChI=1S/C15H18F2N2O/c1-10-4-5-11(2)19(10)18-12(3)13-6-8-14(9-7-13)20-15(16)17/h4-9,12,15,18H,1-3H3. The summed E-state index contributed by atoms with van der Waals surface area (Å²) < 4.78 is 30.5. The largest absolute Gasteiger partial charge is 0.435 e. The van der Waals surface area contributed by atoms with Crippen LogP contribution < -0.4 is 10.2 Å². The van der Waals surface area contributed by atoms with Gasteiger partial charge in [0.1, 0.15) is 5.75 Å². The number of rotatable bonds is 5. The van der Waals surface area contributed by atoms with Crippen LogP contribution in [0.2, 0.25) is 0 Å². The fraction of sp³-hybridized carbons (Fsp3) is 0.333. The zero-order valence-electron chi connectivity index (χ0n) is 11.7. The van der Waals surface area contributed by atoms with Crippen LogP contribution in [0.4, 0.5) is 8.78 Å². The second kappa shape index (κ2) is 5.94. The van der Waals surface area contributed by atoms with E-state index >= 15 is 0 Å². The zero-order valence-corrected chi connectivity index (χ0v) is 11.7. The molecule has 108 valence electrons. The lowest BCUT2D eigenvalue weighted by Gasteiger charge is -2.20. The SMILES string of the molecule is Cc1ccc(C)n1NC(C)c1ccc(OC(F)F)cc1. The molecule has 0 spiro atoms. The van der Waals surface area contributed by atoms with Crippen molar-refractivity contribution in [3.05, 3.63) is 53.3 Å². The maximum atomic E-state index is 12.1. The van der Waals surface area contributed by atoms with E-state index in [2.05, 4.69) is 10.2 Å². The van der Waals surface area contributed by atoms with Gasteiger partial charge in [0.2, 0.25) is 0 Å². The summed E-state index contributed by atoms with van der Waals surface area (Å²) >= 11 is 0. The number of benzene rings is 1. The normalized spacial score (nSPS) is 12.5. The van der Waals surface area contributed by atoms with E-state index < -0.39 is 6.61 Å². The van der Waals surface area contributed by atoms with Gasteiger partial charge in [-0.25, -0.2) is 0 Å². The molecule has 0 saturated carbocycles. The highest BCUT2D eigenvalue weighted by Crippen LogP contribution is 2.20. The van der Waals surface area contributed by atoms with Crippen molar-refractivity contribution in [2.24, 2.45) is 0 Å². The Morgan fingerprint density at radius 3 is 2.05 bits per heavy atom. The van der Waals surface area contributed by atoms with Gasteiger partial charge >= 0.3 is 6.61 Å².